The van der Waals surface area contributed by atoms with Gasteiger partial charge in [0.2, 0.25) is 0 Å². The van der Waals surface area contributed by atoms with Gasteiger partial charge in [-0.25, -0.2) is 4.99 Å². The summed E-state index contributed by atoms with van der Waals surface area (Å²) < 4.78 is 0. The minimum atomic E-state index is -0.337. The van der Waals surface area contributed by atoms with Crippen LogP contribution in [0, 0.1) is 0 Å². The van der Waals surface area contributed by atoms with Gasteiger partial charge >= 0.3 is 0 Å². The van der Waals surface area contributed by atoms with Crippen LogP contribution in [0.3, 0.4) is 0 Å². The fraction of sp³-hybridized carbons (Fsp3) is 0.667. The Kier molecular flexibility index (Phi) is 1.32. The summed E-state index contributed by atoms with van der Waals surface area (Å²) >= 11 is 0. The SMILES string of the molecule is NC1=NC(N)NCN1. The molecule has 5 nitrogen and oxygen atoms in total. The van der Waals surface area contributed by atoms with E-state index in [9.17, 15) is 0 Å². The molecular weight excluding hydrogens is 106 g/mol. The summed E-state index contributed by atoms with van der Waals surface area (Å²) in [4.78, 5) is 3.73. The first-order valence-corrected chi connectivity index (χ1v) is 2.35. The predicted octanol–water partition coefficient (Wildman–Crippen LogP) is -2.31. The second-order valence-corrected chi connectivity index (χ2v) is 1.52. The van der Waals surface area contributed by atoms with E-state index >= 15 is 0 Å². The molecule has 1 heterocycles. The second kappa shape index (κ2) is 1.97. The average molecular weight is 115 g/mol. The van der Waals surface area contributed by atoms with Crippen LogP contribution in [0.25, 0.3) is 0 Å². The van der Waals surface area contributed by atoms with Gasteiger partial charge in [-0.05, 0) is 0 Å². The zero-order valence-electron chi connectivity index (χ0n) is 4.39. The van der Waals surface area contributed by atoms with Crippen LogP contribution in [-0.4, -0.2) is 18.9 Å². The van der Waals surface area contributed by atoms with Gasteiger partial charge in [-0.2, -0.15) is 0 Å². The highest BCUT2D eigenvalue weighted by atomic mass is 15.3. The summed E-state index contributed by atoms with van der Waals surface area (Å²) in [6.45, 7) is 0.594. The molecular formula is C3H9N5. The molecule has 6 N–H and O–H groups in total. The molecule has 0 spiro atoms. The van der Waals surface area contributed by atoms with Gasteiger partial charge in [-0.1, -0.05) is 0 Å². The highest BCUT2D eigenvalue weighted by Crippen LogP contribution is 1.77. The monoisotopic (exact) mass is 115 g/mol. The van der Waals surface area contributed by atoms with Gasteiger partial charge in [0, 0.05) is 0 Å². The molecule has 0 aromatic rings. The molecule has 0 aromatic heterocycles. The standard InChI is InChI=1S/C3H9N5/c4-2-6-1-7-3(5)8-2/h2,6H,1,4H2,(H3,5,7,8). The van der Waals surface area contributed by atoms with Crippen LogP contribution < -0.4 is 22.1 Å². The lowest BCUT2D eigenvalue weighted by Crippen LogP contribution is -2.51. The predicted molar refractivity (Wildman–Crippen MR) is 30.7 cm³/mol. The van der Waals surface area contributed by atoms with Gasteiger partial charge < -0.3 is 11.1 Å². The van der Waals surface area contributed by atoms with Crippen molar-refractivity contribution in [2.24, 2.45) is 16.5 Å². The van der Waals surface area contributed by atoms with Crippen molar-refractivity contribution in [1.82, 2.24) is 10.6 Å². The van der Waals surface area contributed by atoms with Gasteiger partial charge in [0.1, 0.15) is 0 Å². The van der Waals surface area contributed by atoms with Gasteiger partial charge in [0.15, 0.2) is 12.2 Å². The lowest BCUT2D eigenvalue weighted by atomic mass is 10.7. The third-order valence-corrected chi connectivity index (χ3v) is 0.859. The molecule has 46 valence electrons. The fourth-order valence-electron chi connectivity index (χ4n) is 0.487. The molecule has 0 bridgehead atoms. The van der Waals surface area contributed by atoms with Crippen LogP contribution in [-0.2, 0) is 0 Å². The van der Waals surface area contributed by atoms with Crippen molar-refractivity contribution in [3.05, 3.63) is 0 Å². The molecule has 0 saturated carbocycles. The first kappa shape index (κ1) is 5.33. The Bertz CT molecular complexity index is 108. The van der Waals surface area contributed by atoms with Crippen LogP contribution in [0.15, 0.2) is 4.99 Å². The van der Waals surface area contributed by atoms with Crippen molar-refractivity contribution >= 4 is 5.96 Å². The second-order valence-electron chi connectivity index (χ2n) is 1.52. The lowest BCUT2D eigenvalue weighted by molar-refractivity contribution is 0.509. The zero-order valence-corrected chi connectivity index (χ0v) is 4.39. The van der Waals surface area contributed by atoms with Gasteiger partial charge in [-0.15, -0.1) is 0 Å². The number of nitrogens with one attached hydrogen (secondary N) is 2. The summed E-state index contributed by atoms with van der Waals surface area (Å²) in [5.41, 5.74) is 10.6. The van der Waals surface area contributed by atoms with Crippen molar-refractivity contribution in [3.8, 4) is 0 Å². The molecule has 1 atom stereocenters. The lowest BCUT2D eigenvalue weighted by Gasteiger charge is -2.16. The highest BCUT2D eigenvalue weighted by molar-refractivity contribution is 5.78. The summed E-state index contributed by atoms with van der Waals surface area (Å²) in [5, 5.41) is 5.56. The molecule has 1 rings (SSSR count). The Morgan fingerprint density at radius 2 is 2.50 bits per heavy atom. The Balaban J connectivity index is 2.50. The van der Waals surface area contributed by atoms with E-state index < -0.39 is 0 Å². The van der Waals surface area contributed by atoms with E-state index in [1.54, 1.807) is 0 Å². The van der Waals surface area contributed by atoms with E-state index in [4.69, 9.17) is 11.5 Å². The van der Waals surface area contributed by atoms with E-state index in [2.05, 4.69) is 15.6 Å². The topological polar surface area (TPSA) is 88.5 Å². The van der Waals surface area contributed by atoms with E-state index in [1.165, 1.54) is 0 Å². The van der Waals surface area contributed by atoms with E-state index in [0.717, 1.165) is 0 Å². The van der Waals surface area contributed by atoms with Crippen LogP contribution in [0.1, 0.15) is 0 Å². The van der Waals surface area contributed by atoms with Crippen molar-refractivity contribution in [2.45, 2.75) is 6.29 Å². The Morgan fingerprint density at radius 3 is 2.88 bits per heavy atom. The molecule has 0 fully saturated rings. The summed E-state index contributed by atoms with van der Waals surface area (Å²) in [7, 11) is 0. The zero-order chi connectivity index (χ0) is 5.98. The largest absolute Gasteiger partial charge is 0.370 e. The van der Waals surface area contributed by atoms with Gasteiger partial charge in [-0.3, -0.25) is 11.1 Å². The number of nitrogens with zero attached hydrogens (tertiary/aromatic N) is 1. The maximum atomic E-state index is 5.31. The summed E-state index contributed by atoms with van der Waals surface area (Å²) in [5.74, 6) is 0.399. The van der Waals surface area contributed by atoms with E-state index in [1.807, 2.05) is 0 Å². The minimum Gasteiger partial charge on any atom is -0.370 e. The molecule has 1 aliphatic heterocycles. The molecule has 5 heteroatoms. The maximum absolute atomic E-state index is 5.31. The Labute approximate surface area is 47.1 Å². The van der Waals surface area contributed by atoms with Crippen LogP contribution in [0.4, 0.5) is 0 Å². The number of guanidine groups is 1. The van der Waals surface area contributed by atoms with Crippen LogP contribution >= 0.6 is 0 Å². The molecule has 0 amide bonds. The maximum Gasteiger partial charge on any atom is 0.192 e. The number of hydrogen-bond acceptors (Lipinski definition) is 5. The highest BCUT2D eigenvalue weighted by Gasteiger charge is 2.03. The van der Waals surface area contributed by atoms with Crippen molar-refractivity contribution < 1.29 is 0 Å². The van der Waals surface area contributed by atoms with Crippen LogP contribution in [0.2, 0.25) is 0 Å². The number of rotatable bonds is 0. The van der Waals surface area contributed by atoms with E-state index in [0.29, 0.717) is 12.6 Å². The smallest absolute Gasteiger partial charge is 0.192 e. The molecule has 1 unspecified atom stereocenters. The average Bonchev–Trinajstić information content (AvgIpc) is 1.64. The van der Waals surface area contributed by atoms with E-state index in [-0.39, 0.29) is 6.29 Å². The molecule has 1 aliphatic rings. The number of aliphatic imine (C=N–C) groups is 1. The molecule has 8 heavy (non-hydrogen) atoms. The molecule has 0 aliphatic carbocycles. The van der Waals surface area contributed by atoms with Crippen molar-refractivity contribution in [1.29, 1.82) is 0 Å². The summed E-state index contributed by atoms with van der Waals surface area (Å²) in [6.07, 6.45) is -0.337. The number of nitrogens with two attached hydrogens (primary N) is 2. The van der Waals surface area contributed by atoms with Crippen LogP contribution in [0.5, 0.6) is 0 Å². The third kappa shape index (κ3) is 1.08. The fourth-order valence-corrected chi connectivity index (χ4v) is 0.487. The molecule has 0 saturated heterocycles. The normalized spacial score (nSPS) is 28.6. The van der Waals surface area contributed by atoms with Gasteiger partial charge in [0.25, 0.3) is 0 Å². The minimum absolute atomic E-state index is 0.337. The Hall–Kier alpha value is -0.810. The quantitative estimate of drug-likeness (QED) is 0.286. The third-order valence-electron chi connectivity index (χ3n) is 0.859. The molecule has 0 aromatic carbocycles. The van der Waals surface area contributed by atoms with Crippen molar-refractivity contribution in [2.75, 3.05) is 6.67 Å². The number of hydrogen-bond donors (Lipinski definition) is 4. The summed E-state index contributed by atoms with van der Waals surface area (Å²) in [6, 6.07) is 0. The Morgan fingerprint density at radius 1 is 1.75 bits per heavy atom. The molecule has 0 radical (unpaired) electrons. The van der Waals surface area contributed by atoms with Crippen molar-refractivity contribution in [3.63, 3.8) is 0 Å². The first-order chi connectivity index (χ1) is 3.79. The van der Waals surface area contributed by atoms with Gasteiger partial charge in [0.05, 0.1) is 6.67 Å². The first-order valence-electron chi connectivity index (χ1n) is 2.35.